The molecule has 2 N–H and O–H groups in total. The molecule has 4 rings (SSSR count). The highest BCUT2D eigenvalue weighted by atomic mass is 16.5. The molecular weight excluding hydrogens is 340 g/mol. The maximum atomic E-state index is 9.38. The van der Waals surface area contributed by atoms with Gasteiger partial charge in [-0.3, -0.25) is 0 Å². The Morgan fingerprint density at radius 2 is 1.89 bits per heavy atom. The number of ether oxygens (including phenoxy) is 1. The van der Waals surface area contributed by atoms with Crippen LogP contribution in [-0.4, -0.2) is 34.8 Å². The second-order valence-corrected chi connectivity index (χ2v) is 6.58. The van der Waals surface area contributed by atoms with Crippen molar-refractivity contribution in [3.8, 4) is 11.6 Å². The zero-order valence-corrected chi connectivity index (χ0v) is 15.0. The minimum absolute atomic E-state index is 0.220. The number of rotatable bonds is 6. The van der Waals surface area contributed by atoms with Crippen molar-refractivity contribution in [2.45, 2.75) is 6.42 Å². The van der Waals surface area contributed by atoms with Crippen LogP contribution in [-0.2, 0) is 0 Å². The predicted molar refractivity (Wildman–Crippen MR) is 106 cm³/mol. The molecule has 1 fully saturated rings. The van der Waals surface area contributed by atoms with Gasteiger partial charge in [0.05, 0.1) is 0 Å². The Balaban J connectivity index is 1.46. The molecule has 2 aromatic heterocycles. The second-order valence-electron chi connectivity index (χ2n) is 6.58. The average Bonchev–Trinajstić information content (AvgIpc) is 3.20. The van der Waals surface area contributed by atoms with Gasteiger partial charge in [0.25, 0.3) is 0 Å². The zero-order chi connectivity index (χ0) is 18.5. The molecule has 1 atom stereocenters. The van der Waals surface area contributed by atoms with Crippen LogP contribution < -0.4 is 15.0 Å². The van der Waals surface area contributed by atoms with Crippen LogP contribution in [0.2, 0.25) is 0 Å². The van der Waals surface area contributed by atoms with Gasteiger partial charge in [-0.05, 0) is 55.0 Å². The fourth-order valence-electron chi connectivity index (χ4n) is 3.20. The summed E-state index contributed by atoms with van der Waals surface area (Å²) >= 11 is 0. The van der Waals surface area contributed by atoms with Gasteiger partial charge >= 0.3 is 0 Å². The van der Waals surface area contributed by atoms with Crippen molar-refractivity contribution in [3.63, 3.8) is 0 Å². The fourth-order valence-corrected chi connectivity index (χ4v) is 3.20. The van der Waals surface area contributed by atoms with Gasteiger partial charge in [0.1, 0.15) is 17.3 Å². The minimum Gasteiger partial charge on any atom is -0.437 e. The summed E-state index contributed by atoms with van der Waals surface area (Å²) < 4.78 is 6.04. The third kappa shape index (κ3) is 4.17. The molecule has 1 aliphatic heterocycles. The van der Waals surface area contributed by atoms with E-state index in [9.17, 15) is 5.11 Å². The Kier molecular flexibility index (Phi) is 5.16. The molecule has 138 valence electrons. The van der Waals surface area contributed by atoms with Crippen LogP contribution in [0.25, 0.3) is 0 Å². The first kappa shape index (κ1) is 17.3. The van der Waals surface area contributed by atoms with E-state index in [1.54, 1.807) is 12.4 Å². The number of aliphatic hydroxyl groups excluding tert-OH is 1. The summed E-state index contributed by atoms with van der Waals surface area (Å²) in [4.78, 5) is 10.9. The molecule has 6 nitrogen and oxygen atoms in total. The van der Waals surface area contributed by atoms with Crippen molar-refractivity contribution in [3.05, 3.63) is 67.0 Å². The highest BCUT2D eigenvalue weighted by molar-refractivity contribution is 5.59. The average molecular weight is 362 g/mol. The highest BCUT2D eigenvalue weighted by Crippen LogP contribution is 2.33. The Bertz CT molecular complexity index is 871. The molecule has 27 heavy (non-hydrogen) atoms. The lowest BCUT2D eigenvalue weighted by Crippen LogP contribution is -2.21. The maximum Gasteiger partial charge on any atom is 0.243 e. The first-order valence-electron chi connectivity index (χ1n) is 9.08. The van der Waals surface area contributed by atoms with Crippen LogP contribution in [0.4, 0.5) is 17.2 Å². The van der Waals surface area contributed by atoms with Crippen LogP contribution >= 0.6 is 0 Å². The van der Waals surface area contributed by atoms with Crippen LogP contribution in [0.1, 0.15) is 6.42 Å². The molecule has 0 amide bonds. The van der Waals surface area contributed by atoms with E-state index < -0.39 is 0 Å². The van der Waals surface area contributed by atoms with E-state index in [1.165, 1.54) is 0 Å². The van der Waals surface area contributed by atoms with Crippen LogP contribution in [0, 0.1) is 5.92 Å². The van der Waals surface area contributed by atoms with Crippen molar-refractivity contribution < 1.29 is 9.84 Å². The first-order valence-corrected chi connectivity index (χ1v) is 9.08. The number of aliphatic hydroxyl groups is 1. The summed E-state index contributed by atoms with van der Waals surface area (Å²) in [6, 6.07) is 17.4. The zero-order valence-electron chi connectivity index (χ0n) is 15.0. The quantitative estimate of drug-likeness (QED) is 0.694. The number of anilines is 3. The third-order valence-corrected chi connectivity index (χ3v) is 4.64. The van der Waals surface area contributed by atoms with Crippen molar-refractivity contribution in [2.24, 2.45) is 5.92 Å². The monoisotopic (exact) mass is 362 g/mol. The van der Waals surface area contributed by atoms with E-state index in [4.69, 9.17) is 4.74 Å². The molecule has 3 heterocycles. The van der Waals surface area contributed by atoms with Crippen LogP contribution in [0.15, 0.2) is 67.0 Å². The van der Waals surface area contributed by atoms with Crippen molar-refractivity contribution in [1.82, 2.24) is 9.97 Å². The highest BCUT2D eigenvalue weighted by Gasteiger charge is 2.24. The molecule has 0 spiro atoms. The van der Waals surface area contributed by atoms with Gasteiger partial charge in [-0.15, -0.1) is 0 Å². The molecule has 0 saturated carbocycles. The maximum absolute atomic E-state index is 9.38. The Hall–Kier alpha value is -3.12. The Labute approximate surface area is 158 Å². The summed E-state index contributed by atoms with van der Waals surface area (Å²) in [5, 5.41) is 12.6. The number of benzene rings is 1. The summed E-state index contributed by atoms with van der Waals surface area (Å²) in [5.74, 6) is 2.42. The lowest BCUT2D eigenvalue weighted by atomic mass is 10.1. The third-order valence-electron chi connectivity index (χ3n) is 4.64. The number of pyridine rings is 2. The van der Waals surface area contributed by atoms with E-state index in [0.717, 1.165) is 42.5 Å². The largest absolute Gasteiger partial charge is 0.437 e. The van der Waals surface area contributed by atoms with E-state index in [1.807, 2.05) is 54.6 Å². The smallest absolute Gasteiger partial charge is 0.243 e. The van der Waals surface area contributed by atoms with E-state index in [0.29, 0.717) is 11.8 Å². The van der Waals surface area contributed by atoms with Gasteiger partial charge in [-0.2, -0.15) is 0 Å². The van der Waals surface area contributed by atoms with Gasteiger partial charge in [-0.1, -0.05) is 6.07 Å². The van der Waals surface area contributed by atoms with Crippen LogP contribution in [0.3, 0.4) is 0 Å². The molecule has 1 saturated heterocycles. The SMILES string of the molecule is OC[C@@H]1CCN(c2cccnc2Oc2ccc(Nc3ccccn3)cc2)C1. The molecule has 3 aromatic rings. The van der Waals surface area contributed by atoms with E-state index in [-0.39, 0.29) is 6.61 Å². The summed E-state index contributed by atoms with van der Waals surface area (Å²) in [6.45, 7) is 1.95. The summed E-state index contributed by atoms with van der Waals surface area (Å²) in [5.41, 5.74) is 1.90. The van der Waals surface area contributed by atoms with Crippen molar-refractivity contribution in [2.75, 3.05) is 29.9 Å². The molecule has 0 aliphatic carbocycles. The predicted octanol–water partition coefficient (Wildman–Crippen LogP) is 3.83. The van der Waals surface area contributed by atoms with Gasteiger partial charge in [-0.25, -0.2) is 9.97 Å². The minimum atomic E-state index is 0.220. The molecule has 6 heteroatoms. The van der Waals surface area contributed by atoms with Crippen molar-refractivity contribution >= 4 is 17.2 Å². The number of nitrogens with zero attached hydrogens (tertiary/aromatic N) is 3. The molecule has 0 radical (unpaired) electrons. The first-order chi connectivity index (χ1) is 13.3. The van der Waals surface area contributed by atoms with Gasteiger partial charge < -0.3 is 20.1 Å². The molecular formula is C21H22N4O2. The summed E-state index contributed by atoms with van der Waals surface area (Å²) in [7, 11) is 0. The normalized spacial score (nSPS) is 16.3. The molecule has 1 aliphatic rings. The second kappa shape index (κ2) is 8.05. The lowest BCUT2D eigenvalue weighted by Gasteiger charge is -2.20. The fraction of sp³-hybridized carbons (Fsp3) is 0.238. The molecule has 1 aromatic carbocycles. The van der Waals surface area contributed by atoms with E-state index in [2.05, 4.69) is 20.2 Å². The van der Waals surface area contributed by atoms with Gasteiger partial charge in [0, 0.05) is 43.7 Å². The number of hydrogen-bond donors (Lipinski definition) is 2. The lowest BCUT2D eigenvalue weighted by molar-refractivity contribution is 0.238. The van der Waals surface area contributed by atoms with Gasteiger partial charge in [0.2, 0.25) is 5.88 Å². The Morgan fingerprint density at radius 1 is 1.04 bits per heavy atom. The van der Waals surface area contributed by atoms with Crippen molar-refractivity contribution in [1.29, 1.82) is 0 Å². The summed E-state index contributed by atoms with van der Waals surface area (Å²) in [6.07, 6.45) is 4.47. The van der Waals surface area contributed by atoms with E-state index >= 15 is 0 Å². The Morgan fingerprint density at radius 3 is 2.63 bits per heavy atom. The van der Waals surface area contributed by atoms with Crippen LogP contribution in [0.5, 0.6) is 11.6 Å². The topological polar surface area (TPSA) is 70.5 Å². The molecule has 0 unspecified atom stereocenters. The standard InChI is InChI=1S/C21H22N4O2/c26-15-16-10-13-25(14-16)19-4-3-12-23-21(19)27-18-8-6-17(7-9-18)24-20-5-1-2-11-22-20/h1-9,11-12,16,26H,10,13-15H2,(H,22,24)/t16-/m1/s1. The number of nitrogens with one attached hydrogen (secondary N) is 1. The number of aromatic nitrogens is 2. The van der Waals surface area contributed by atoms with Gasteiger partial charge in [0.15, 0.2) is 0 Å². The number of hydrogen-bond acceptors (Lipinski definition) is 6. The molecule has 0 bridgehead atoms.